The van der Waals surface area contributed by atoms with Crippen LogP contribution in [-0.4, -0.2) is 26.8 Å². The van der Waals surface area contributed by atoms with Crippen molar-refractivity contribution in [2.75, 3.05) is 12.8 Å². The van der Waals surface area contributed by atoms with Crippen molar-refractivity contribution in [1.82, 2.24) is 14.8 Å². The van der Waals surface area contributed by atoms with E-state index in [1.165, 1.54) is 24.3 Å². The number of ether oxygens (including phenoxy) is 2. The van der Waals surface area contributed by atoms with Gasteiger partial charge in [0.1, 0.15) is 17.2 Å². The minimum Gasteiger partial charge on any atom is -0.497 e. The molecule has 2 aromatic carbocycles. The molecule has 29 heavy (non-hydrogen) atoms. The molecule has 9 heteroatoms. The third kappa shape index (κ3) is 3.79. The first-order valence-corrected chi connectivity index (χ1v) is 8.71. The summed E-state index contributed by atoms with van der Waals surface area (Å²) in [6, 6.07) is 15.2. The molecule has 2 N–H and O–H groups in total. The molecule has 2 aromatic heterocycles. The van der Waals surface area contributed by atoms with Crippen LogP contribution in [0.2, 0.25) is 0 Å². The highest BCUT2D eigenvalue weighted by molar-refractivity contribution is 5.87. The molecule has 0 radical (unpaired) electrons. The van der Waals surface area contributed by atoms with Gasteiger partial charge in [-0.25, -0.2) is 9.67 Å². The van der Waals surface area contributed by atoms with Gasteiger partial charge in [-0.1, -0.05) is 12.1 Å². The van der Waals surface area contributed by atoms with Crippen molar-refractivity contribution in [3.63, 3.8) is 0 Å². The first-order chi connectivity index (χ1) is 14.0. The Morgan fingerprint density at radius 2 is 1.76 bits per heavy atom. The number of benzene rings is 2. The van der Waals surface area contributed by atoms with Gasteiger partial charge >= 0.3 is 0 Å². The number of nitrogens with zero attached hydrogens (tertiary/aromatic N) is 4. The van der Waals surface area contributed by atoms with Crippen LogP contribution >= 0.6 is 0 Å². The number of pyridine rings is 1. The molecule has 0 saturated heterocycles. The topological polar surface area (TPSA) is 118 Å². The first-order valence-electron chi connectivity index (χ1n) is 8.71. The van der Waals surface area contributed by atoms with E-state index >= 15 is 0 Å². The second-order valence-corrected chi connectivity index (χ2v) is 6.29. The third-order valence-electron chi connectivity index (χ3n) is 4.37. The van der Waals surface area contributed by atoms with Gasteiger partial charge in [0.25, 0.3) is 5.69 Å². The van der Waals surface area contributed by atoms with Crippen LogP contribution in [0.3, 0.4) is 0 Å². The zero-order valence-electron chi connectivity index (χ0n) is 15.5. The molecular weight excluding hydrogens is 374 g/mol. The fraction of sp³-hybridized carbons (Fsp3) is 0.100. The predicted molar refractivity (Wildman–Crippen MR) is 107 cm³/mol. The van der Waals surface area contributed by atoms with Crippen LogP contribution < -0.4 is 15.2 Å². The number of hydrogen-bond donors (Lipinski definition) is 1. The Hall–Kier alpha value is -4.14. The highest BCUT2D eigenvalue weighted by Gasteiger charge is 2.12. The van der Waals surface area contributed by atoms with Gasteiger partial charge in [0, 0.05) is 12.1 Å². The van der Waals surface area contributed by atoms with E-state index in [9.17, 15) is 10.1 Å². The zero-order valence-corrected chi connectivity index (χ0v) is 15.5. The van der Waals surface area contributed by atoms with Crippen molar-refractivity contribution < 1.29 is 14.4 Å². The number of non-ortho nitro benzene ring substituents is 1. The van der Waals surface area contributed by atoms with Crippen LogP contribution in [0.15, 0.2) is 60.8 Å². The lowest BCUT2D eigenvalue weighted by Crippen LogP contribution is -2.03. The smallest absolute Gasteiger partial charge is 0.269 e. The maximum Gasteiger partial charge on any atom is 0.269 e. The summed E-state index contributed by atoms with van der Waals surface area (Å²) in [5.74, 6) is 2.04. The van der Waals surface area contributed by atoms with Gasteiger partial charge in [-0.2, -0.15) is 5.10 Å². The number of nitrogens with two attached hydrogens (primary N) is 1. The van der Waals surface area contributed by atoms with E-state index in [0.717, 1.165) is 11.3 Å². The Bertz CT molecular complexity index is 1170. The van der Waals surface area contributed by atoms with E-state index in [1.54, 1.807) is 24.1 Å². The Labute approximate surface area is 165 Å². The predicted octanol–water partition coefficient (Wildman–Crippen LogP) is 3.77. The Morgan fingerprint density at radius 1 is 1.07 bits per heavy atom. The molecule has 0 atom stereocenters. The lowest BCUT2D eigenvalue weighted by atomic mass is 10.2. The van der Waals surface area contributed by atoms with Gasteiger partial charge in [0.05, 0.1) is 30.2 Å². The summed E-state index contributed by atoms with van der Waals surface area (Å²) in [5.41, 5.74) is 7.73. The van der Waals surface area contributed by atoms with Crippen molar-refractivity contribution in [1.29, 1.82) is 0 Å². The second kappa shape index (κ2) is 7.47. The number of nitrogen functional groups attached to an aromatic ring is 1. The number of aromatic nitrogens is 3. The van der Waals surface area contributed by atoms with E-state index in [4.69, 9.17) is 15.2 Å². The molecular formula is C20H17N5O4. The van der Waals surface area contributed by atoms with E-state index in [-0.39, 0.29) is 5.69 Å². The molecule has 0 bridgehead atoms. The summed E-state index contributed by atoms with van der Waals surface area (Å²) in [7, 11) is 1.62. The summed E-state index contributed by atoms with van der Waals surface area (Å²) in [4.78, 5) is 14.7. The van der Waals surface area contributed by atoms with Gasteiger partial charge in [0.15, 0.2) is 11.5 Å². The Kier molecular flexibility index (Phi) is 4.70. The van der Waals surface area contributed by atoms with Crippen molar-refractivity contribution in [2.24, 2.45) is 0 Å². The molecule has 0 aliphatic heterocycles. The van der Waals surface area contributed by atoms with E-state index in [1.807, 2.05) is 24.3 Å². The fourth-order valence-corrected chi connectivity index (χ4v) is 2.91. The van der Waals surface area contributed by atoms with E-state index in [2.05, 4.69) is 10.1 Å². The maximum atomic E-state index is 10.7. The van der Waals surface area contributed by atoms with E-state index in [0.29, 0.717) is 34.9 Å². The molecule has 4 rings (SSSR count). The van der Waals surface area contributed by atoms with Crippen LogP contribution in [0, 0.1) is 10.1 Å². The monoisotopic (exact) mass is 391 g/mol. The summed E-state index contributed by atoms with van der Waals surface area (Å²) in [6.45, 7) is 0.507. The van der Waals surface area contributed by atoms with Crippen LogP contribution in [0.1, 0.15) is 5.56 Å². The molecule has 146 valence electrons. The molecule has 0 fully saturated rings. The first kappa shape index (κ1) is 18.2. The number of nitro groups is 1. The molecule has 0 aliphatic rings. The lowest BCUT2D eigenvalue weighted by molar-refractivity contribution is -0.384. The zero-order chi connectivity index (χ0) is 20.4. The molecule has 0 amide bonds. The average Bonchev–Trinajstić information content (AvgIpc) is 3.04. The molecule has 0 unspecified atom stereocenters. The van der Waals surface area contributed by atoms with Gasteiger partial charge in [-0.05, 0) is 35.9 Å². The highest BCUT2D eigenvalue weighted by atomic mass is 16.6. The van der Waals surface area contributed by atoms with Gasteiger partial charge in [-0.15, -0.1) is 0 Å². The summed E-state index contributed by atoms with van der Waals surface area (Å²) in [5, 5.41) is 15.8. The molecule has 2 heterocycles. The van der Waals surface area contributed by atoms with Crippen molar-refractivity contribution >= 4 is 22.5 Å². The molecule has 4 aromatic rings. The van der Waals surface area contributed by atoms with Crippen molar-refractivity contribution in [3.8, 4) is 17.2 Å². The summed E-state index contributed by atoms with van der Waals surface area (Å²) >= 11 is 0. The number of hydrogen-bond acceptors (Lipinski definition) is 7. The third-order valence-corrected chi connectivity index (χ3v) is 4.37. The minimum atomic E-state index is -0.463. The number of anilines is 1. The SMILES string of the molecule is COc1ccc(Cn2nc(N)c3cc(Oc4ccc([N+](=O)[O-])cc4)cnc32)cc1. The van der Waals surface area contributed by atoms with Crippen LogP contribution in [0.5, 0.6) is 17.2 Å². The second-order valence-electron chi connectivity index (χ2n) is 6.29. The highest BCUT2D eigenvalue weighted by Crippen LogP contribution is 2.28. The number of rotatable bonds is 6. The van der Waals surface area contributed by atoms with Crippen LogP contribution in [0.25, 0.3) is 11.0 Å². The normalized spacial score (nSPS) is 10.8. The molecule has 0 saturated carbocycles. The lowest BCUT2D eigenvalue weighted by Gasteiger charge is -2.06. The Balaban J connectivity index is 1.58. The largest absolute Gasteiger partial charge is 0.497 e. The molecule has 9 nitrogen and oxygen atoms in total. The van der Waals surface area contributed by atoms with Crippen LogP contribution in [0.4, 0.5) is 11.5 Å². The Morgan fingerprint density at radius 3 is 2.41 bits per heavy atom. The van der Waals surface area contributed by atoms with Gasteiger partial charge in [0.2, 0.25) is 0 Å². The standard InChI is InChI=1S/C20H17N5O4/c1-28-15-6-2-13(3-7-15)12-24-20-18(19(21)23-24)10-17(11-22-20)29-16-8-4-14(5-9-16)25(26)27/h2-11H,12H2,1H3,(H2,21,23). The minimum absolute atomic E-state index is 0.00465. The van der Waals surface area contributed by atoms with Gasteiger partial charge in [-0.3, -0.25) is 10.1 Å². The maximum absolute atomic E-state index is 10.7. The van der Waals surface area contributed by atoms with E-state index < -0.39 is 4.92 Å². The summed E-state index contributed by atoms with van der Waals surface area (Å²) < 4.78 is 12.6. The van der Waals surface area contributed by atoms with Gasteiger partial charge < -0.3 is 15.2 Å². The van der Waals surface area contributed by atoms with Crippen LogP contribution in [-0.2, 0) is 6.54 Å². The molecule has 0 aliphatic carbocycles. The van der Waals surface area contributed by atoms with Crippen molar-refractivity contribution in [3.05, 3.63) is 76.5 Å². The number of fused-ring (bicyclic) bond motifs is 1. The average molecular weight is 391 g/mol. The fourth-order valence-electron chi connectivity index (χ4n) is 2.91. The quantitative estimate of drug-likeness (QED) is 0.392. The molecule has 0 spiro atoms. The van der Waals surface area contributed by atoms with Crippen molar-refractivity contribution in [2.45, 2.75) is 6.54 Å². The number of methoxy groups -OCH3 is 1. The number of nitro benzene ring substituents is 1. The summed E-state index contributed by atoms with van der Waals surface area (Å²) in [6.07, 6.45) is 1.56.